The van der Waals surface area contributed by atoms with Crippen LogP contribution in [0.25, 0.3) is 0 Å². The van der Waals surface area contributed by atoms with Crippen LogP contribution in [0.3, 0.4) is 0 Å². The smallest absolute Gasteiger partial charge is 0.421 e. The Morgan fingerprint density at radius 1 is 1.32 bits per heavy atom. The summed E-state index contributed by atoms with van der Waals surface area (Å²) in [6, 6.07) is 3.30. The largest absolute Gasteiger partial charge is 0.435 e. The Bertz CT molecular complexity index is 1410. The van der Waals surface area contributed by atoms with E-state index in [1.165, 1.54) is 17.2 Å². The second-order valence-corrected chi connectivity index (χ2v) is 10.6. The Labute approximate surface area is 235 Å². The molecular weight excluding hydrogens is 541 g/mol. The molecule has 220 valence electrons. The van der Waals surface area contributed by atoms with Crippen molar-refractivity contribution in [2.24, 2.45) is 15.7 Å². The number of aryl methyl sites for hydroxylation is 1. The van der Waals surface area contributed by atoms with Crippen molar-refractivity contribution in [1.82, 2.24) is 24.6 Å². The van der Waals surface area contributed by atoms with E-state index >= 15 is 0 Å². The maximum atomic E-state index is 13.6. The highest BCUT2D eigenvalue weighted by Crippen LogP contribution is 2.50. The minimum Gasteiger partial charge on any atom is -0.421 e. The van der Waals surface area contributed by atoms with Crippen molar-refractivity contribution >= 4 is 18.1 Å². The number of carbonyl (C=O) groups is 1. The molecule has 2 aromatic rings. The summed E-state index contributed by atoms with van der Waals surface area (Å²) in [6.07, 6.45) is 1.03. The molecule has 1 atom stereocenters. The highest BCUT2D eigenvalue weighted by Gasteiger charge is 2.50. The highest BCUT2D eigenvalue weighted by molar-refractivity contribution is 6.11. The molecule has 0 unspecified atom stereocenters. The van der Waals surface area contributed by atoms with Crippen LogP contribution in [-0.4, -0.2) is 73.5 Å². The molecule has 2 fully saturated rings. The van der Waals surface area contributed by atoms with Gasteiger partial charge in [-0.2, -0.15) is 18.3 Å². The van der Waals surface area contributed by atoms with E-state index in [-0.39, 0.29) is 48.8 Å². The fourth-order valence-electron chi connectivity index (χ4n) is 5.08. The van der Waals surface area contributed by atoms with Gasteiger partial charge in [0.1, 0.15) is 17.6 Å². The Morgan fingerprint density at radius 2 is 2.07 bits per heavy atom. The summed E-state index contributed by atoms with van der Waals surface area (Å²) in [5.41, 5.74) is 6.09. The van der Waals surface area contributed by atoms with E-state index in [1.54, 1.807) is 42.8 Å². The number of hydrogen-bond acceptors (Lipinski definition) is 7. The average molecular weight is 575 g/mol. The van der Waals surface area contributed by atoms with Crippen molar-refractivity contribution in [2.75, 3.05) is 20.2 Å². The second kappa shape index (κ2) is 10.8. The number of alkyl halides is 3. The van der Waals surface area contributed by atoms with Crippen molar-refractivity contribution < 1.29 is 27.8 Å². The molecule has 2 aromatic heterocycles. The maximum absolute atomic E-state index is 13.6. The Hall–Kier alpha value is -3.94. The fourth-order valence-corrected chi connectivity index (χ4v) is 5.08. The van der Waals surface area contributed by atoms with Crippen LogP contribution in [0, 0.1) is 0 Å². The number of nitrogens with zero attached hydrogens (tertiary/aromatic N) is 7. The van der Waals surface area contributed by atoms with E-state index < -0.39 is 17.4 Å². The van der Waals surface area contributed by atoms with Crippen LogP contribution in [-0.2, 0) is 24.1 Å². The van der Waals surface area contributed by atoms with Crippen LogP contribution < -0.4 is 10.5 Å². The van der Waals surface area contributed by atoms with Crippen LogP contribution >= 0.6 is 0 Å². The van der Waals surface area contributed by atoms with E-state index in [4.69, 9.17) is 10.5 Å². The molecule has 1 saturated heterocycles. The summed E-state index contributed by atoms with van der Waals surface area (Å²) in [5, 5.41) is 13.8. The van der Waals surface area contributed by atoms with Crippen LogP contribution in [0.15, 0.2) is 39.7 Å². The Morgan fingerprint density at radius 3 is 2.68 bits per heavy atom. The van der Waals surface area contributed by atoms with Gasteiger partial charge in [0.05, 0.1) is 18.7 Å². The number of allylic oxidation sites excluding steroid dienone is 1. The predicted octanol–water partition coefficient (Wildman–Crippen LogP) is 3.40. The third kappa shape index (κ3) is 5.27. The average Bonchev–Trinajstić information content (AvgIpc) is 3.72. The molecule has 3 N–H and O–H groups in total. The lowest BCUT2D eigenvalue weighted by Gasteiger charge is -2.49. The molecule has 0 spiro atoms. The second-order valence-electron chi connectivity index (χ2n) is 10.6. The lowest BCUT2D eigenvalue weighted by Crippen LogP contribution is -2.67. The number of halogens is 3. The summed E-state index contributed by atoms with van der Waals surface area (Å²) in [7, 11) is 1.69. The highest BCUT2D eigenvalue weighted by atomic mass is 19.4. The van der Waals surface area contributed by atoms with Crippen molar-refractivity contribution in [1.29, 1.82) is 0 Å². The lowest BCUT2D eigenvalue weighted by molar-refractivity contribution is -0.143. The lowest BCUT2D eigenvalue weighted by atomic mass is 9.92. The molecule has 1 aliphatic carbocycles. The number of rotatable bonds is 8. The Balaban J connectivity index is 1.32. The van der Waals surface area contributed by atoms with Crippen LogP contribution in [0.4, 0.5) is 13.2 Å². The number of ether oxygens (including phenoxy) is 1. The van der Waals surface area contributed by atoms with Gasteiger partial charge < -0.3 is 25.4 Å². The molecule has 11 nitrogen and oxygen atoms in total. The standard InChI is InChI=1S/C27H33F3N8O3/c1-4-38-24(20(17-8-9-17)22(35-38)27(28,29)30)41-19-10-7-16(13-33-19)12-32-15-34-23-21-18(31)6-5-11-37(21)25(40)26(2,14-39)36(23)3/h7,10,13,15,17,39H,4-6,8-9,11-12,14,31H2,1-3H3/t26-/m0/s1. The molecule has 0 aromatic carbocycles. The van der Waals surface area contributed by atoms with Gasteiger partial charge >= 0.3 is 6.18 Å². The van der Waals surface area contributed by atoms with E-state index in [0.29, 0.717) is 43.0 Å². The molecular formula is C27H33F3N8O3. The number of nitrogens with two attached hydrogens (primary N) is 1. The number of pyridine rings is 1. The first kappa shape index (κ1) is 28.6. The summed E-state index contributed by atoms with van der Waals surface area (Å²) in [6.45, 7) is 3.92. The van der Waals surface area contributed by atoms with Gasteiger partial charge in [0.15, 0.2) is 11.5 Å². The van der Waals surface area contributed by atoms with Crippen molar-refractivity contribution in [2.45, 2.75) is 70.3 Å². The first-order valence-electron chi connectivity index (χ1n) is 13.5. The normalized spacial score (nSPS) is 22.7. The van der Waals surface area contributed by atoms with E-state index in [9.17, 15) is 23.1 Å². The summed E-state index contributed by atoms with van der Waals surface area (Å²) < 4.78 is 47.9. The molecule has 0 radical (unpaired) electrons. The van der Waals surface area contributed by atoms with Crippen molar-refractivity contribution in [3.63, 3.8) is 0 Å². The van der Waals surface area contributed by atoms with Gasteiger partial charge in [0.2, 0.25) is 11.8 Å². The van der Waals surface area contributed by atoms with Gasteiger partial charge in [-0.05, 0) is 51.0 Å². The molecule has 1 amide bonds. The third-order valence-electron chi connectivity index (χ3n) is 7.71. The van der Waals surface area contributed by atoms with E-state index in [2.05, 4.69) is 20.1 Å². The number of aliphatic hydroxyl groups excluding tert-OH is 1. The number of fused-ring (bicyclic) bond motifs is 1. The molecule has 5 rings (SSSR count). The van der Waals surface area contributed by atoms with Crippen molar-refractivity contribution in [3.05, 3.63) is 46.5 Å². The number of hydrogen-bond donors (Lipinski definition) is 2. The molecule has 2 aliphatic heterocycles. The minimum absolute atomic E-state index is 0.0757. The summed E-state index contributed by atoms with van der Waals surface area (Å²) in [5.74, 6) is 0.221. The molecule has 1 saturated carbocycles. The number of piperazine rings is 1. The van der Waals surface area contributed by atoms with Crippen LogP contribution in [0.5, 0.6) is 11.8 Å². The summed E-state index contributed by atoms with van der Waals surface area (Å²) >= 11 is 0. The monoisotopic (exact) mass is 574 g/mol. The quantitative estimate of drug-likeness (QED) is 0.365. The predicted molar refractivity (Wildman–Crippen MR) is 144 cm³/mol. The number of amides is 1. The van der Waals surface area contributed by atoms with Crippen LogP contribution in [0.2, 0.25) is 0 Å². The molecule has 41 heavy (non-hydrogen) atoms. The van der Waals surface area contributed by atoms with Gasteiger partial charge in [-0.15, -0.1) is 0 Å². The Kier molecular flexibility index (Phi) is 7.53. The summed E-state index contributed by atoms with van der Waals surface area (Å²) in [4.78, 5) is 29.4. The molecule has 4 heterocycles. The van der Waals surface area contributed by atoms with Crippen LogP contribution in [0.1, 0.15) is 62.3 Å². The number of aliphatic hydroxyl groups is 1. The number of likely N-dealkylation sites (N-methyl/N-ethyl adjacent to an activating group) is 1. The van der Waals surface area contributed by atoms with Gasteiger partial charge in [-0.1, -0.05) is 6.07 Å². The van der Waals surface area contributed by atoms with Gasteiger partial charge in [-0.3, -0.25) is 9.79 Å². The topological polar surface area (TPSA) is 134 Å². The number of aliphatic imine (C=N–C) groups is 2. The first-order valence-corrected chi connectivity index (χ1v) is 13.5. The zero-order chi connectivity index (χ0) is 29.5. The van der Waals surface area contributed by atoms with Gasteiger partial charge in [-0.25, -0.2) is 14.7 Å². The van der Waals surface area contributed by atoms with Gasteiger partial charge in [0, 0.05) is 38.1 Å². The molecule has 14 heteroatoms. The van der Waals surface area contributed by atoms with E-state index in [0.717, 1.165) is 12.0 Å². The number of aromatic nitrogens is 3. The van der Waals surface area contributed by atoms with Crippen molar-refractivity contribution in [3.8, 4) is 11.8 Å². The molecule has 0 bridgehead atoms. The third-order valence-corrected chi connectivity index (χ3v) is 7.71. The minimum atomic E-state index is -4.56. The zero-order valence-corrected chi connectivity index (χ0v) is 23.1. The number of carbonyl (C=O) groups excluding carboxylic acids is 1. The van der Waals surface area contributed by atoms with Gasteiger partial charge in [0.25, 0.3) is 5.91 Å². The van der Waals surface area contributed by atoms with E-state index in [1.807, 2.05) is 0 Å². The fraction of sp³-hybridized carbons (Fsp3) is 0.519. The number of amidine groups is 1. The maximum Gasteiger partial charge on any atom is 0.435 e. The SMILES string of the molecule is CCn1nc(C(F)(F)F)c(C2CC2)c1Oc1ccc(CN=CN=C2C3=C(N)CCCN3C(=O)[C@](C)(CO)N2C)cn1. The zero-order valence-electron chi connectivity index (χ0n) is 23.1. The first-order chi connectivity index (χ1) is 19.5. The molecule has 3 aliphatic rings.